The summed E-state index contributed by atoms with van der Waals surface area (Å²) in [5, 5.41) is 12.4. The van der Waals surface area contributed by atoms with E-state index in [-0.39, 0.29) is 28.9 Å². The van der Waals surface area contributed by atoms with E-state index < -0.39 is 18.0 Å². The number of aliphatic hydroxyl groups excluding tert-OH is 1. The summed E-state index contributed by atoms with van der Waals surface area (Å²) < 4.78 is 47.3. The second-order valence-corrected chi connectivity index (χ2v) is 7.74. The zero-order valence-electron chi connectivity index (χ0n) is 17.1. The van der Waals surface area contributed by atoms with Gasteiger partial charge in [-0.3, -0.25) is 4.79 Å². The SMILES string of the molecule is O=C1Nc2cc(OC(F)(F)F)ccc2Oc2ccc(-c3cccc(N4CCC(O)C4)n3)cc21. The third-order valence-corrected chi connectivity index (χ3v) is 5.39. The number of ether oxygens (including phenoxy) is 2. The molecule has 0 bridgehead atoms. The van der Waals surface area contributed by atoms with Crippen molar-refractivity contribution >= 4 is 17.4 Å². The summed E-state index contributed by atoms with van der Waals surface area (Å²) in [6.07, 6.45) is -4.55. The van der Waals surface area contributed by atoms with Crippen LogP contribution in [0.25, 0.3) is 11.3 Å². The lowest BCUT2D eigenvalue weighted by Gasteiger charge is -2.17. The molecule has 2 N–H and O–H groups in total. The van der Waals surface area contributed by atoms with Crippen LogP contribution in [-0.4, -0.2) is 41.6 Å². The summed E-state index contributed by atoms with van der Waals surface area (Å²) in [5.74, 6) is 0.179. The molecule has 5 rings (SSSR count). The maximum Gasteiger partial charge on any atom is 0.573 e. The number of amides is 1. The Kier molecular flexibility index (Phi) is 5.09. The number of β-amino-alcohol motifs (C(OH)–C–C–N with tert-alkyl or cyclic N) is 1. The second kappa shape index (κ2) is 7.96. The van der Waals surface area contributed by atoms with E-state index >= 15 is 0 Å². The molecule has 1 saturated heterocycles. The Hall–Kier alpha value is -3.79. The minimum atomic E-state index is -4.85. The smallest absolute Gasteiger partial charge is 0.454 e. The number of benzene rings is 2. The lowest BCUT2D eigenvalue weighted by Crippen LogP contribution is -2.22. The number of alkyl halides is 3. The standard InChI is InChI=1S/C23H18F3N3O4/c24-23(25,26)33-15-5-7-20-18(11-15)28-22(31)16-10-13(4-6-19(16)32-20)17-2-1-3-21(27-17)29-9-8-14(30)12-29/h1-7,10-11,14,30H,8-9,12H2,(H,28,31). The largest absolute Gasteiger partial charge is 0.573 e. The molecule has 1 atom stereocenters. The Balaban J connectivity index is 1.44. The number of aliphatic hydroxyl groups is 1. The van der Waals surface area contributed by atoms with E-state index in [4.69, 9.17) is 4.74 Å². The average molecular weight is 457 g/mol. The van der Waals surface area contributed by atoms with Gasteiger partial charge in [-0.15, -0.1) is 13.2 Å². The quantitative estimate of drug-likeness (QED) is 0.599. The normalized spacial score (nSPS) is 17.5. The molecule has 0 aliphatic carbocycles. The van der Waals surface area contributed by atoms with Crippen molar-refractivity contribution < 1.29 is 32.5 Å². The predicted molar refractivity (Wildman–Crippen MR) is 114 cm³/mol. The topological polar surface area (TPSA) is 83.9 Å². The molecule has 3 aromatic rings. The van der Waals surface area contributed by atoms with Crippen molar-refractivity contribution in [1.29, 1.82) is 0 Å². The number of hydrogen-bond donors (Lipinski definition) is 2. The van der Waals surface area contributed by atoms with Crippen LogP contribution in [0.5, 0.6) is 17.2 Å². The molecule has 0 radical (unpaired) electrons. The van der Waals surface area contributed by atoms with Crippen molar-refractivity contribution in [3.8, 4) is 28.5 Å². The van der Waals surface area contributed by atoms with Gasteiger partial charge in [0.15, 0.2) is 5.75 Å². The van der Waals surface area contributed by atoms with E-state index in [0.717, 1.165) is 18.0 Å². The number of carbonyl (C=O) groups excluding carboxylic acids is 1. The van der Waals surface area contributed by atoms with Gasteiger partial charge in [0.05, 0.1) is 23.0 Å². The number of nitrogens with zero attached hydrogens (tertiary/aromatic N) is 2. The van der Waals surface area contributed by atoms with Crippen molar-refractivity contribution in [3.05, 3.63) is 60.2 Å². The monoisotopic (exact) mass is 457 g/mol. The third kappa shape index (κ3) is 4.42. The molecular weight excluding hydrogens is 439 g/mol. The molecule has 170 valence electrons. The van der Waals surface area contributed by atoms with Gasteiger partial charge in [0.25, 0.3) is 5.91 Å². The van der Waals surface area contributed by atoms with Crippen molar-refractivity contribution in [2.24, 2.45) is 0 Å². The van der Waals surface area contributed by atoms with Crippen LogP contribution in [0.4, 0.5) is 24.7 Å². The van der Waals surface area contributed by atoms with Gasteiger partial charge < -0.3 is 24.8 Å². The van der Waals surface area contributed by atoms with Crippen LogP contribution >= 0.6 is 0 Å². The van der Waals surface area contributed by atoms with Crippen LogP contribution in [0.1, 0.15) is 16.8 Å². The maximum atomic E-state index is 12.8. The highest BCUT2D eigenvalue weighted by Crippen LogP contribution is 2.40. The number of anilines is 2. The van der Waals surface area contributed by atoms with Gasteiger partial charge in [0.2, 0.25) is 0 Å². The molecule has 2 aliphatic heterocycles. The van der Waals surface area contributed by atoms with Gasteiger partial charge in [-0.25, -0.2) is 4.98 Å². The van der Waals surface area contributed by atoms with Crippen LogP contribution in [0, 0.1) is 0 Å². The first kappa shape index (κ1) is 21.1. The van der Waals surface area contributed by atoms with Gasteiger partial charge in [-0.1, -0.05) is 6.07 Å². The minimum Gasteiger partial charge on any atom is -0.454 e. The van der Waals surface area contributed by atoms with E-state index in [1.165, 1.54) is 6.07 Å². The summed E-state index contributed by atoms with van der Waals surface area (Å²) in [7, 11) is 0. The van der Waals surface area contributed by atoms with Crippen LogP contribution in [0.15, 0.2) is 54.6 Å². The molecule has 0 spiro atoms. The highest BCUT2D eigenvalue weighted by atomic mass is 19.4. The van der Waals surface area contributed by atoms with E-state index in [1.807, 2.05) is 23.1 Å². The molecule has 3 heterocycles. The zero-order chi connectivity index (χ0) is 23.2. The molecule has 1 fully saturated rings. The third-order valence-electron chi connectivity index (χ3n) is 5.39. The molecule has 2 aromatic carbocycles. The van der Waals surface area contributed by atoms with Gasteiger partial charge in [-0.05, 0) is 48.9 Å². The van der Waals surface area contributed by atoms with E-state index in [2.05, 4.69) is 15.0 Å². The number of fused-ring (bicyclic) bond motifs is 2. The van der Waals surface area contributed by atoms with Crippen LogP contribution in [0.2, 0.25) is 0 Å². The number of carbonyl (C=O) groups is 1. The lowest BCUT2D eigenvalue weighted by molar-refractivity contribution is -0.274. The summed E-state index contributed by atoms with van der Waals surface area (Å²) >= 11 is 0. The van der Waals surface area contributed by atoms with Gasteiger partial charge in [0, 0.05) is 24.7 Å². The number of hydrogen-bond acceptors (Lipinski definition) is 6. The summed E-state index contributed by atoms with van der Waals surface area (Å²) in [5.41, 5.74) is 1.58. The fourth-order valence-electron chi connectivity index (χ4n) is 3.87. The van der Waals surface area contributed by atoms with Crippen molar-refractivity contribution in [2.45, 2.75) is 18.9 Å². The molecule has 1 aromatic heterocycles. The molecule has 0 saturated carbocycles. The molecule has 1 amide bonds. The first-order valence-corrected chi connectivity index (χ1v) is 10.2. The van der Waals surface area contributed by atoms with E-state index in [0.29, 0.717) is 30.8 Å². The lowest BCUT2D eigenvalue weighted by atomic mass is 10.1. The van der Waals surface area contributed by atoms with Crippen molar-refractivity contribution in [3.63, 3.8) is 0 Å². The van der Waals surface area contributed by atoms with E-state index in [9.17, 15) is 23.1 Å². The number of pyridine rings is 1. The number of halogens is 3. The highest BCUT2D eigenvalue weighted by molar-refractivity contribution is 6.08. The van der Waals surface area contributed by atoms with Crippen molar-refractivity contribution in [2.75, 3.05) is 23.3 Å². The van der Waals surface area contributed by atoms with Crippen LogP contribution in [-0.2, 0) is 0 Å². The molecule has 2 aliphatic rings. The zero-order valence-corrected chi connectivity index (χ0v) is 17.1. The molecule has 1 unspecified atom stereocenters. The summed E-state index contributed by atoms with van der Waals surface area (Å²) in [6, 6.07) is 14.0. The molecule has 7 nitrogen and oxygen atoms in total. The predicted octanol–water partition coefficient (Wildman–Crippen LogP) is 4.58. The molecule has 10 heteroatoms. The Labute approximate surface area is 186 Å². The minimum absolute atomic E-state index is 0.0622. The average Bonchev–Trinajstić information content (AvgIpc) is 3.15. The number of nitrogens with one attached hydrogen (secondary N) is 1. The first-order chi connectivity index (χ1) is 15.7. The Bertz CT molecular complexity index is 1230. The van der Waals surface area contributed by atoms with Crippen molar-refractivity contribution in [1.82, 2.24) is 4.98 Å². The fourth-order valence-corrected chi connectivity index (χ4v) is 3.87. The second-order valence-electron chi connectivity index (χ2n) is 7.74. The maximum absolute atomic E-state index is 12.8. The number of rotatable bonds is 3. The highest BCUT2D eigenvalue weighted by Gasteiger charge is 2.32. The molecule has 33 heavy (non-hydrogen) atoms. The van der Waals surface area contributed by atoms with Crippen LogP contribution in [0.3, 0.4) is 0 Å². The Morgan fingerprint density at radius 1 is 1.12 bits per heavy atom. The summed E-state index contributed by atoms with van der Waals surface area (Å²) in [4.78, 5) is 19.5. The van der Waals surface area contributed by atoms with E-state index in [1.54, 1.807) is 18.2 Å². The Morgan fingerprint density at radius 2 is 1.94 bits per heavy atom. The van der Waals surface area contributed by atoms with Crippen LogP contribution < -0.4 is 19.7 Å². The number of aromatic nitrogens is 1. The first-order valence-electron chi connectivity index (χ1n) is 10.2. The van der Waals surface area contributed by atoms with Gasteiger partial charge >= 0.3 is 6.36 Å². The fraction of sp³-hybridized carbons (Fsp3) is 0.217. The molecular formula is C23H18F3N3O4. The van der Waals surface area contributed by atoms with Gasteiger partial charge in [0.1, 0.15) is 17.3 Å². The summed E-state index contributed by atoms with van der Waals surface area (Å²) in [6.45, 7) is 1.21. The van der Waals surface area contributed by atoms with Gasteiger partial charge in [-0.2, -0.15) is 0 Å². The Morgan fingerprint density at radius 3 is 2.70 bits per heavy atom.